The molecule has 2 atom stereocenters. The van der Waals surface area contributed by atoms with E-state index >= 15 is 0 Å². The van der Waals surface area contributed by atoms with Gasteiger partial charge >= 0.3 is 0 Å². The Morgan fingerprint density at radius 3 is 2.40 bits per heavy atom. The molecule has 0 fully saturated rings. The fraction of sp³-hybridized carbons (Fsp3) is 0.500. The zero-order valence-electron chi connectivity index (χ0n) is 18.5. The summed E-state index contributed by atoms with van der Waals surface area (Å²) in [5.41, 5.74) is 0.825. The summed E-state index contributed by atoms with van der Waals surface area (Å²) in [4.78, 5) is 6.74. The molecule has 0 saturated carbocycles. The van der Waals surface area contributed by atoms with Crippen LogP contribution in [0.4, 0.5) is 0 Å². The number of furan rings is 1. The maximum absolute atomic E-state index is 10.5. The number of guanidine groups is 1. The molecule has 0 radical (unpaired) electrons. The molecular weight excluding hydrogens is 495 g/mol. The van der Waals surface area contributed by atoms with Gasteiger partial charge in [-0.25, -0.2) is 0 Å². The highest BCUT2D eigenvalue weighted by Gasteiger charge is 2.17. The minimum absolute atomic E-state index is 0. The monoisotopic (exact) mass is 530 g/mol. The van der Waals surface area contributed by atoms with Crippen molar-refractivity contribution in [1.82, 2.24) is 15.5 Å². The first-order valence-electron chi connectivity index (χ1n) is 10.1. The molecule has 3 N–H and O–H groups in total. The number of nitrogens with one attached hydrogen (secondary N) is 2. The first-order chi connectivity index (χ1) is 13.9. The summed E-state index contributed by atoms with van der Waals surface area (Å²) in [6.45, 7) is 7.60. The van der Waals surface area contributed by atoms with Crippen molar-refractivity contribution in [3.63, 3.8) is 0 Å². The first kappa shape index (κ1) is 26.3. The van der Waals surface area contributed by atoms with Crippen LogP contribution in [0.15, 0.2) is 52.1 Å². The predicted octanol–water partition coefficient (Wildman–Crippen LogP) is 3.58. The van der Waals surface area contributed by atoms with Gasteiger partial charge in [-0.3, -0.25) is 9.89 Å². The van der Waals surface area contributed by atoms with Gasteiger partial charge < -0.3 is 24.9 Å². The highest BCUT2D eigenvalue weighted by atomic mass is 127. The van der Waals surface area contributed by atoms with E-state index < -0.39 is 6.10 Å². The maximum Gasteiger partial charge on any atom is 0.191 e. The van der Waals surface area contributed by atoms with Gasteiger partial charge in [-0.05, 0) is 64.7 Å². The Labute approximate surface area is 196 Å². The Morgan fingerprint density at radius 2 is 1.87 bits per heavy atom. The number of likely N-dealkylation sites (N-methyl/N-ethyl adjacent to an activating group) is 1. The first-order valence-corrected chi connectivity index (χ1v) is 10.1. The van der Waals surface area contributed by atoms with Crippen molar-refractivity contribution in [3.8, 4) is 5.75 Å². The van der Waals surface area contributed by atoms with E-state index in [-0.39, 0.29) is 36.1 Å². The lowest BCUT2D eigenvalue weighted by molar-refractivity contribution is 0.180. The third kappa shape index (κ3) is 8.53. The summed E-state index contributed by atoms with van der Waals surface area (Å²) >= 11 is 0. The Kier molecular flexibility index (Phi) is 11.8. The average molecular weight is 530 g/mol. The van der Waals surface area contributed by atoms with E-state index in [1.807, 2.05) is 71.3 Å². The van der Waals surface area contributed by atoms with Crippen molar-refractivity contribution in [1.29, 1.82) is 0 Å². The van der Waals surface area contributed by atoms with Crippen LogP contribution in [0.25, 0.3) is 0 Å². The van der Waals surface area contributed by atoms with E-state index in [2.05, 4.69) is 20.5 Å². The maximum atomic E-state index is 10.5. The number of nitrogens with zero attached hydrogens (tertiary/aromatic N) is 2. The van der Waals surface area contributed by atoms with E-state index in [1.165, 1.54) is 0 Å². The van der Waals surface area contributed by atoms with E-state index in [0.29, 0.717) is 19.0 Å². The minimum Gasteiger partial charge on any atom is -0.491 e. The molecule has 0 bridgehead atoms. The Morgan fingerprint density at radius 1 is 1.17 bits per heavy atom. The fourth-order valence-corrected chi connectivity index (χ4v) is 2.86. The number of hydrogen-bond acceptors (Lipinski definition) is 5. The number of halogens is 1. The molecule has 0 saturated heterocycles. The van der Waals surface area contributed by atoms with Crippen molar-refractivity contribution in [2.24, 2.45) is 4.99 Å². The molecule has 168 valence electrons. The van der Waals surface area contributed by atoms with Crippen molar-refractivity contribution in [2.45, 2.75) is 39.0 Å². The highest BCUT2D eigenvalue weighted by molar-refractivity contribution is 14.0. The number of rotatable bonds is 10. The number of aliphatic hydroxyl groups is 1. The molecule has 0 aliphatic carbocycles. The number of benzene rings is 1. The van der Waals surface area contributed by atoms with Gasteiger partial charge in [0.25, 0.3) is 0 Å². The van der Waals surface area contributed by atoms with Crippen LogP contribution in [0.5, 0.6) is 5.75 Å². The molecule has 0 amide bonds. The van der Waals surface area contributed by atoms with Crippen molar-refractivity contribution >= 4 is 29.9 Å². The predicted molar refractivity (Wildman–Crippen MR) is 132 cm³/mol. The van der Waals surface area contributed by atoms with E-state index in [0.717, 1.165) is 23.6 Å². The largest absolute Gasteiger partial charge is 0.491 e. The molecule has 1 aromatic carbocycles. The third-order valence-corrected chi connectivity index (χ3v) is 4.36. The fourth-order valence-electron chi connectivity index (χ4n) is 2.86. The lowest BCUT2D eigenvalue weighted by Crippen LogP contribution is -2.40. The highest BCUT2D eigenvalue weighted by Crippen LogP contribution is 2.20. The van der Waals surface area contributed by atoms with E-state index in [9.17, 15) is 5.11 Å². The molecule has 8 heteroatoms. The molecule has 1 heterocycles. The van der Waals surface area contributed by atoms with Crippen molar-refractivity contribution < 1.29 is 14.3 Å². The quantitative estimate of drug-likeness (QED) is 0.248. The van der Waals surface area contributed by atoms with Gasteiger partial charge in [0.1, 0.15) is 11.5 Å². The third-order valence-electron chi connectivity index (χ3n) is 4.36. The Bertz CT molecular complexity index is 733. The van der Waals surface area contributed by atoms with Gasteiger partial charge in [0, 0.05) is 13.1 Å². The number of ether oxygens (including phenoxy) is 1. The molecule has 7 nitrogen and oxygen atoms in total. The molecule has 0 aliphatic heterocycles. The van der Waals surface area contributed by atoms with Gasteiger partial charge in [-0.15, -0.1) is 24.0 Å². The van der Waals surface area contributed by atoms with Crippen LogP contribution < -0.4 is 15.4 Å². The summed E-state index contributed by atoms with van der Waals surface area (Å²) in [6.07, 6.45) is 1.15. The van der Waals surface area contributed by atoms with Crippen LogP contribution in [-0.2, 0) is 0 Å². The molecule has 2 aromatic rings. The topological polar surface area (TPSA) is 82.3 Å². The van der Waals surface area contributed by atoms with E-state index in [4.69, 9.17) is 9.15 Å². The minimum atomic E-state index is -0.651. The van der Waals surface area contributed by atoms with Crippen LogP contribution in [-0.4, -0.2) is 55.8 Å². The molecule has 2 rings (SSSR count). The number of aliphatic hydroxyl groups excluding tert-OH is 1. The zero-order valence-corrected chi connectivity index (χ0v) is 20.8. The zero-order chi connectivity index (χ0) is 21.2. The summed E-state index contributed by atoms with van der Waals surface area (Å²) in [7, 11) is 4.00. The van der Waals surface area contributed by atoms with Crippen LogP contribution in [0.2, 0.25) is 0 Å². The van der Waals surface area contributed by atoms with E-state index in [1.54, 1.807) is 6.26 Å². The lowest BCUT2D eigenvalue weighted by atomic mass is 10.1. The molecule has 0 spiro atoms. The summed E-state index contributed by atoms with van der Waals surface area (Å²) in [5, 5.41) is 16.9. The van der Waals surface area contributed by atoms with Crippen molar-refractivity contribution in [2.75, 3.05) is 33.7 Å². The van der Waals surface area contributed by atoms with Crippen molar-refractivity contribution in [3.05, 3.63) is 54.0 Å². The molecule has 30 heavy (non-hydrogen) atoms. The summed E-state index contributed by atoms with van der Waals surface area (Å²) in [6, 6.07) is 11.4. The second kappa shape index (κ2) is 13.5. The number of hydrogen-bond donors (Lipinski definition) is 3. The lowest BCUT2D eigenvalue weighted by Gasteiger charge is -2.21. The van der Waals surface area contributed by atoms with Crippen LogP contribution in [0, 0.1) is 0 Å². The Hall–Kier alpha value is -1.78. The summed E-state index contributed by atoms with van der Waals surface area (Å²) < 4.78 is 11.2. The molecule has 0 aliphatic rings. The van der Waals surface area contributed by atoms with Gasteiger partial charge in [-0.2, -0.15) is 0 Å². The van der Waals surface area contributed by atoms with Crippen LogP contribution in [0.3, 0.4) is 0 Å². The SMILES string of the molecule is CCNC(=NCC(c1ccco1)N(C)C)NCC(O)c1ccc(OC(C)C)cc1.I. The van der Waals surface area contributed by atoms with Crippen LogP contribution in [0.1, 0.15) is 44.2 Å². The second-order valence-electron chi connectivity index (χ2n) is 7.35. The van der Waals surface area contributed by atoms with Gasteiger partial charge in [0.05, 0.1) is 31.1 Å². The van der Waals surface area contributed by atoms with Crippen LogP contribution >= 0.6 is 24.0 Å². The van der Waals surface area contributed by atoms with Gasteiger partial charge in [-0.1, -0.05) is 12.1 Å². The standard InChI is InChI=1S/C22H34N4O3.HI/c1-6-23-22(24-14-19(26(4)5)21-8-7-13-28-21)25-15-20(27)17-9-11-18(12-10-17)29-16(2)3;/h7-13,16,19-20,27H,6,14-15H2,1-5H3,(H2,23,24,25);1H. The van der Waals surface area contributed by atoms with Gasteiger partial charge in [0.15, 0.2) is 5.96 Å². The number of aliphatic imine (C=N–C) groups is 1. The Balaban J connectivity index is 0.00000450. The second-order valence-corrected chi connectivity index (χ2v) is 7.35. The smallest absolute Gasteiger partial charge is 0.191 e. The molecule has 1 aromatic heterocycles. The van der Waals surface area contributed by atoms with Gasteiger partial charge in [0.2, 0.25) is 0 Å². The summed E-state index contributed by atoms with van der Waals surface area (Å²) in [5.74, 6) is 2.33. The average Bonchev–Trinajstić information content (AvgIpc) is 3.20. The normalized spacial score (nSPS) is 13.7. The molecular formula is C22H35IN4O3. The molecule has 2 unspecified atom stereocenters.